The maximum Gasteiger partial charge on any atom is 0.435 e. The zero-order chi connectivity index (χ0) is 17.9. The summed E-state index contributed by atoms with van der Waals surface area (Å²) in [4.78, 5) is 18.1. The first kappa shape index (κ1) is 17.9. The zero-order valence-electron chi connectivity index (χ0n) is 13.4. The average molecular weight is 342 g/mol. The smallest absolute Gasteiger partial charge is 0.382 e. The molecule has 2 heterocycles. The molecule has 2 rings (SSSR count). The van der Waals surface area contributed by atoms with Crippen molar-refractivity contribution in [3.8, 4) is 0 Å². The molecule has 1 amide bonds. The lowest BCUT2D eigenvalue weighted by Crippen LogP contribution is -2.35. The molecule has 0 saturated carbocycles. The number of hydrogen-bond donors (Lipinski definition) is 0. The molecule has 0 saturated heterocycles. The third-order valence-corrected chi connectivity index (χ3v) is 3.53. The van der Waals surface area contributed by atoms with Gasteiger partial charge in [-0.05, 0) is 12.1 Å². The zero-order valence-corrected chi connectivity index (χ0v) is 13.4. The minimum atomic E-state index is -4.61. The summed E-state index contributed by atoms with van der Waals surface area (Å²) in [6.07, 6.45) is -3.04. The average Bonchev–Trinajstić information content (AvgIpc) is 2.94. The third-order valence-electron chi connectivity index (χ3n) is 3.53. The van der Waals surface area contributed by atoms with Gasteiger partial charge in [0.2, 0.25) is 0 Å². The van der Waals surface area contributed by atoms with Crippen molar-refractivity contribution < 1.29 is 22.7 Å². The van der Waals surface area contributed by atoms with Gasteiger partial charge in [-0.2, -0.15) is 18.3 Å². The summed E-state index contributed by atoms with van der Waals surface area (Å²) in [6, 6.07) is 5.41. The first-order chi connectivity index (χ1) is 11.3. The highest BCUT2D eigenvalue weighted by molar-refractivity contribution is 5.92. The van der Waals surface area contributed by atoms with Gasteiger partial charge in [-0.25, -0.2) is 0 Å². The van der Waals surface area contributed by atoms with E-state index in [0.717, 1.165) is 10.7 Å². The normalized spacial score (nSPS) is 12.9. The van der Waals surface area contributed by atoms with Crippen molar-refractivity contribution in [2.45, 2.75) is 12.2 Å². The van der Waals surface area contributed by atoms with Crippen LogP contribution in [-0.2, 0) is 18.0 Å². The number of carbonyl (C=O) groups excluding carboxylic acids is 1. The van der Waals surface area contributed by atoms with Gasteiger partial charge in [0, 0.05) is 33.5 Å². The van der Waals surface area contributed by atoms with Crippen molar-refractivity contribution >= 4 is 5.91 Å². The van der Waals surface area contributed by atoms with E-state index in [2.05, 4.69) is 10.1 Å². The molecule has 2 aromatic heterocycles. The standard InChI is InChI=1S/C15H17F3N4O2/c1-21(12(9-24-3)10-6-4-5-7-19-10)14(23)11-8-13(15(16,17)18)20-22(11)2/h4-8,12H,9H2,1-3H3/t12-/m0/s1. The van der Waals surface area contributed by atoms with E-state index < -0.39 is 23.8 Å². The third kappa shape index (κ3) is 3.73. The number of hydrogen-bond acceptors (Lipinski definition) is 4. The molecule has 0 N–H and O–H groups in total. The fraction of sp³-hybridized carbons (Fsp3) is 0.400. The molecule has 0 radical (unpaired) electrons. The van der Waals surface area contributed by atoms with Crippen molar-refractivity contribution in [2.75, 3.05) is 20.8 Å². The first-order valence-electron chi connectivity index (χ1n) is 7.04. The molecular formula is C15H17F3N4O2. The van der Waals surface area contributed by atoms with Crippen LogP contribution in [0.3, 0.4) is 0 Å². The van der Waals surface area contributed by atoms with Crippen molar-refractivity contribution in [3.05, 3.63) is 47.5 Å². The van der Waals surface area contributed by atoms with Crippen molar-refractivity contribution in [1.29, 1.82) is 0 Å². The van der Waals surface area contributed by atoms with E-state index in [1.807, 2.05) is 0 Å². The number of nitrogens with zero attached hydrogens (tertiary/aromatic N) is 4. The minimum absolute atomic E-state index is 0.156. The molecule has 0 aliphatic carbocycles. The van der Waals surface area contributed by atoms with Crippen molar-refractivity contribution in [1.82, 2.24) is 19.7 Å². The quantitative estimate of drug-likeness (QED) is 0.837. The Kier molecular flexibility index (Phi) is 5.23. The lowest BCUT2D eigenvalue weighted by molar-refractivity contribution is -0.141. The van der Waals surface area contributed by atoms with Crippen molar-refractivity contribution in [2.24, 2.45) is 7.05 Å². The summed E-state index contributed by atoms with van der Waals surface area (Å²) >= 11 is 0. The molecule has 1 atom stereocenters. The van der Waals surface area contributed by atoms with Crippen LogP contribution >= 0.6 is 0 Å². The number of amides is 1. The molecule has 0 fully saturated rings. The van der Waals surface area contributed by atoms with Crippen LogP contribution in [0, 0.1) is 0 Å². The number of rotatable bonds is 5. The van der Waals surface area contributed by atoms with Crippen LogP contribution in [-0.4, -0.2) is 46.3 Å². The van der Waals surface area contributed by atoms with Crippen molar-refractivity contribution in [3.63, 3.8) is 0 Å². The number of carbonyl (C=O) groups is 1. The van der Waals surface area contributed by atoms with E-state index in [9.17, 15) is 18.0 Å². The van der Waals surface area contributed by atoms with Gasteiger partial charge in [0.1, 0.15) is 5.69 Å². The van der Waals surface area contributed by atoms with Crippen LogP contribution in [0.25, 0.3) is 0 Å². The number of halogens is 3. The molecular weight excluding hydrogens is 325 g/mol. The summed E-state index contributed by atoms with van der Waals surface area (Å²) in [5.41, 5.74) is -0.696. The van der Waals surface area contributed by atoms with Gasteiger partial charge in [0.05, 0.1) is 18.3 Å². The molecule has 130 valence electrons. The summed E-state index contributed by atoms with van der Waals surface area (Å²) in [6.45, 7) is 0.156. The van der Waals surface area contributed by atoms with Gasteiger partial charge in [-0.15, -0.1) is 0 Å². The van der Waals surface area contributed by atoms with Crippen LogP contribution in [0.15, 0.2) is 30.5 Å². The van der Waals surface area contributed by atoms with Gasteiger partial charge >= 0.3 is 6.18 Å². The minimum Gasteiger partial charge on any atom is -0.382 e. The number of likely N-dealkylation sites (N-methyl/N-ethyl adjacent to an activating group) is 1. The second-order valence-electron chi connectivity index (χ2n) is 5.18. The number of ether oxygens (including phenoxy) is 1. The molecule has 0 spiro atoms. The maximum absolute atomic E-state index is 12.8. The van der Waals surface area contributed by atoms with Gasteiger partial charge in [-0.1, -0.05) is 6.07 Å². The Morgan fingerprint density at radius 2 is 2.12 bits per heavy atom. The van der Waals surface area contributed by atoms with Crippen LogP contribution in [0.1, 0.15) is 27.9 Å². The Bertz CT molecular complexity index is 700. The Morgan fingerprint density at radius 1 is 1.42 bits per heavy atom. The summed E-state index contributed by atoms with van der Waals surface area (Å²) in [5.74, 6) is -0.604. The monoisotopic (exact) mass is 342 g/mol. The molecule has 6 nitrogen and oxygen atoms in total. The first-order valence-corrected chi connectivity index (χ1v) is 7.04. The molecule has 2 aromatic rings. The van der Waals surface area contributed by atoms with Gasteiger partial charge in [0.25, 0.3) is 5.91 Å². The van der Waals surface area contributed by atoms with Gasteiger partial charge in [-0.3, -0.25) is 14.5 Å². The summed E-state index contributed by atoms with van der Waals surface area (Å²) in [5, 5.41) is 3.36. The van der Waals surface area contributed by atoms with E-state index in [1.165, 1.54) is 26.1 Å². The van der Waals surface area contributed by atoms with E-state index in [-0.39, 0.29) is 12.3 Å². The maximum atomic E-state index is 12.8. The number of methoxy groups -OCH3 is 1. The highest BCUT2D eigenvalue weighted by atomic mass is 19.4. The van der Waals surface area contributed by atoms with Crippen LogP contribution in [0.5, 0.6) is 0 Å². The highest BCUT2D eigenvalue weighted by Crippen LogP contribution is 2.29. The molecule has 9 heteroatoms. The van der Waals surface area contributed by atoms with E-state index in [4.69, 9.17) is 4.74 Å². The Balaban J connectivity index is 2.32. The second-order valence-corrected chi connectivity index (χ2v) is 5.18. The largest absolute Gasteiger partial charge is 0.435 e. The van der Waals surface area contributed by atoms with E-state index in [1.54, 1.807) is 24.4 Å². The number of pyridine rings is 1. The molecule has 0 aliphatic rings. The van der Waals surface area contributed by atoms with E-state index in [0.29, 0.717) is 5.69 Å². The SMILES string of the molecule is COC[C@@H](c1ccccn1)N(C)C(=O)c1cc(C(F)(F)F)nn1C. The lowest BCUT2D eigenvalue weighted by Gasteiger charge is -2.27. The molecule has 0 bridgehead atoms. The Morgan fingerprint density at radius 3 is 2.62 bits per heavy atom. The predicted octanol–water partition coefficient (Wildman–Crippen LogP) is 2.29. The fourth-order valence-corrected chi connectivity index (χ4v) is 2.25. The number of aryl methyl sites for hydroxylation is 1. The summed E-state index contributed by atoms with van der Waals surface area (Å²) < 4.78 is 44.3. The molecule has 0 aromatic carbocycles. The second kappa shape index (κ2) is 7.00. The number of alkyl halides is 3. The predicted molar refractivity (Wildman–Crippen MR) is 79.2 cm³/mol. The fourth-order valence-electron chi connectivity index (χ4n) is 2.25. The van der Waals surface area contributed by atoms with Crippen LogP contribution in [0.4, 0.5) is 13.2 Å². The topological polar surface area (TPSA) is 60.2 Å². The van der Waals surface area contributed by atoms with E-state index >= 15 is 0 Å². The van der Waals surface area contributed by atoms with Gasteiger partial charge < -0.3 is 9.64 Å². The summed E-state index contributed by atoms with van der Waals surface area (Å²) in [7, 11) is 4.25. The number of aromatic nitrogens is 3. The van der Waals surface area contributed by atoms with Crippen LogP contribution in [0.2, 0.25) is 0 Å². The molecule has 0 unspecified atom stereocenters. The molecule has 24 heavy (non-hydrogen) atoms. The Labute approximate surface area is 136 Å². The lowest BCUT2D eigenvalue weighted by atomic mass is 10.1. The molecule has 0 aliphatic heterocycles. The highest BCUT2D eigenvalue weighted by Gasteiger charge is 2.36. The Hall–Kier alpha value is -2.42. The van der Waals surface area contributed by atoms with Gasteiger partial charge in [0.15, 0.2) is 5.69 Å². The van der Waals surface area contributed by atoms with Crippen LogP contribution < -0.4 is 0 Å².